The van der Waals surface area contributed by atoms with E-state index in [9.17, 15) is 9.90 Å². The first-order valence-corrected chi connectivity index (χ1v) is 5.66. The Morgan fingerprint density at radius 3 is 2.95 bits per heavy atom. The number of benzene rings is 1. The highest BCUT2D eigenvalue weighted by atomic mass is 16.5. The zero-order valence-electron chi connectivity index (χ0n) is 10.5. The molecule has 0 fully saturated rings. The summed E-state index contributed by atoms with van der Waals surface area (Å²) in [4.78, 5) is 11.7. The van der Waals surface area contributed by atoms with Crippen molar-refractivity contribution >= 4 is 5.97 Å². The number of carbonyl (C=O) groups is 1. The van der Waals surface area contributed by atoms with E-state index in [1.54, 1.807) is 19.1 Å². The number of rotatable bonds is 4. The summed E-state index contributed by atoms with van der Waals surface area (Å²) >= 11 is 0. The van der Waals surface area contributed by atoms with Crippen molar-refractivity contribution in [2.24, 2.45) is 0 Å². The number of aromatic hydroxyl groups is 1. The van der Waals surface area contributed by atoms with E-state index in [2.05, 4.69) is 5.16 Å². The first-order chi connectivity index (χ1) is 9.17. The molecule has 2 rings (SSSR count). The fraction of sp³-hybridized carbons (Fsp3) is 0.231. The van der Waals surface area contributed by atoms with Gasteiger partial charge in [-0.25, -0.2) is 4.79 Å². The van der Waals surface area contributed by atoms with Crippen molar-refractivity contribution in [2.75, 3.05) is 13.7 Å². The standard InChI is InChI=1S/C13H13NO5/c1-3-18-13(16)9-7-19-14-12(9)8-4-5-10(15)11(6-8)17-2/h4-7,15H,3H2,1-2H3. The Balaban J connectivity index is 2.42. The molecule has 0 saturated carbocycles. The molecule has 6 heteroatoms. The minimum atomic E-state index is -0.509. The summed E-state index contributed by atoms with van der Waals surface area (Å²) in [5, 5.41) is 13.3. The van der Waals surface area contributed by atoms with Crippen LogP contribution in [0.15, 0.2) is 29.0 Å². The maximum atomic E-state index is 11.7. The van der Waals surface area contributed by atoms with E-state index in [0.29, 0.717) is 11.3 Å². The van der Waals surface area contributed by atoms with Gasteiger partial charge in [-0.05, 0) is 25.1 Å². The fourth-order valence-electron chi connectivity index (χ4n) is 1.62. The second-order valence-corrected chi connectivity index (χ2v) is 3.68. The Hall–Kier alpha value is -2.50. The van der Waals surface area contributed by atoms with E-state index in [1.165, 1.54) is 19.4 Å². The highest BCUT2D eigenvalue weighted by Gasteiger charge is 2.19. The molecule has 1 aromatic carbocycles. The number of phenolic OH excluding ortho intramolecular Hbond substituents is 1. The molecular weight excluding hydrogens is 250 g/mol. The van der Waals surface area contributed by atoms with Crippen LogP contribution in [0.5, 0.6) is 11.5 Å². The number of nitrogens with zero attached hydrogens (tertiary/aromatic N) is 1. The van der Waals surface area contributed by atoms with E-state index < -0.39 is 5.97 Å². The van der Waals surface area contributed by atoms with Gasteiger partial charge in [-0.15, -0.1) is 0 Å². The van der Waals surface area contributed by atoms with Gasteiger partial charge >= 0.3 is 5.97 Å². The first kappa shape index (κ1) is 12.9. The normalized spacial score (nSPS) is 10.2. The second kappa shape index (κ2) is 5.43. The van der Waals surface area contributed by atoms with Gasteiger partial charge in [0, 0.05) is 5.56 Å². The predicted molar refractivity (Wildman–Crippen MR) is 66.1 cm³/mol. The van der Waals surface area contributed by atoms with Crippen molar-refractivity contribution in [3.8, 4) is 22.8 Å². The van der Waals surface area contributed by atoms with Crippen LogP contribution in [-0.4, -0.2) is 29.9 Å². The average Bonchev–Trinajstić information content (AvgIpc) is 2.89. The number of ether oxygens (including phenoxy) is 2. The molecule has 19 heavy (non-hydrogen) atoms. The van der Waals surface area contributed by atoms with Crippen molar-refractivity contribution in [3.63, 3.8) is 0 Å². The van der Waals surface area contributed by atoms with Gasteiger partial charge < -0.3 is 19.1 Å². The summed E-state index contributed by atoms with van der Waals surface area (Å²) in [6.07, 6.45) is 1.23. The molecule has 0 spiro atoms. The summed E-state index contributed by atoms with van der Waals surface area (Å²) in [5.41, 5.74) is 1.16. The molecule has 0 amide bonds. The van der Waals surface area contributed by atoms with Crippen LogP contribution in [-0.2, 0) is 4.74 Å². The lowest BCUT2D eigenvalue weighted by Crippen LogP contribution is -2.04. The molecule has 100 valence electrons. The molecule has 1 aromatic heterocycles. The van der Waals surface area contributed by atoms with E-state index in [1.807, 2.05) is 0 Å². The van der Waals surface area contributed by atoms with E-state index >= 15 is 0 Å². The molecule has 0 aliphatic carbocycles. The third-order valence-electron chi connectivity index (χ3n) is 2.52. The second-order valence-electron chi connectivity index (χ2n) is 3.68. The van der Waals surface area contributed by atoms with Crippen LogP contribution >= 0.6 is 0 Å². The summed E-state index contributed by atoms with van der Waals surface area (Å²) in [7, 11) is 1.44. The van der Waals surface area contributed by atoms with E-state index in [4.69, 9.17) is 14.0 Å². The van der Waals surface area contributed by atoms with Crippen LogP contribution < -0.4 is 4.74 Å². The molecule has 0 radical (unpaired) electrons. The SMILES string of the molecule is CCOC(=O)c1conc1-c1ccc(O)c(OC)c1. The molecular formula is C13H13NO5. The van der Waals surface area contributed by atoms with Crippen molar-refractivity contribution in [2.45, 2.75) is 6.92 Å². The molecule has 0 saturated heterocycles. The Bertz CT molecular complexity index is 590. The summed E-state index contributed by atoms with van der Waals surface area (Å²) in [6, 6.07) is 4.63. The Morgan fingerprint density at radius 2 is 2.26 bits per heavy atom. The third kappa shape index (κ3) is 2.52. The number of hydrogen-bond donors (Lipinski definition) is 1. The average molecular weight is 263 g/mol. The first-order valence-electron chi connectivity index (χ1n) is 5.66. The van der Waals surface area contributed by atoms with Gasteiger partial charge in [0.05, 0.1) is 13.7 Å². The fourth-order valence-corrected chi connectivity index (χ4v) is 1.62. The van der Waals surface area contributed by atoms with Crippen molar-refractivity contribution in [3.05, 3.63) is 30.0 Å². The Labute approximate surface area is 109 Å². The Kier molecular flexibility index (Phi) is 3.70. The molecule has 2 aromatic rings. The van der Waals surface area contributed by atoms with Gasteiger partial charge in [-0.2, -0.15) is 0 Å². The van der Waals surface area contributed by atoms with Crippen LogP contribution in [0, 0.1) is 0 Å². The minimum absolute atomic E-state index is 0.00688. The minimum Gasteiger partial charge on any atom is -0.504 e. The molecule has 0 atom stereocenters. The summed E-state index contributed by atoms with van der Waals surface area (Å²) in [6.45, 7) is 1.98. The summed E-state index contributed by atoms with van der Waals surface area (Å²) in [5.74, 6) is -0.214. The smallest absolute Gasteiger partial charge is 0.343 e. The number of esters is 1. The molecule has 0 unspecified atom stereocenters. The monoisotopic (exact) mass is 263 g/mol. The van der Waals surface area contributed by atoms with Gasteiger partial charge in [-0.1, -0.05) is 5.16 Å². The summed E-state index contributed by atoms with van der Waals surface area (Å²) < 4.78 is 14.7. The van der Waals surface area contributed by atoms with Gasteiger partial charge in [0.25, 0.3) is 0 Å². The van der Waals surface area contributed by atoms with Crippen molar-refractivity contribution in [1.29, 1.82) is 0 Å². The zero-order chi connectivity index (χ0) is 13.8. The number of phenols is 1. The highest BCUT2D eigenvalue weighted by Crippen LogP contribution is 2.32. The van der Waals surface area contributed by atoms with Crippen molar-refractivity contribution < 1.29 is 23.9 Å². The van der Waals surface area contributed by atoms with Gasteiger partial charge in [0.1, 0.15) is 17.5 Å². The lowest BCUT2D eigenvalue weighted by atomic mass is 10.1. The van der Waals surface area contributed by atoms with Crippen LogP contribution in [0.1, 0.15) is 17.3 Å². The lowest BCUT2D eigenvalue weighted by Gasteiger charge is -2.05. The maximum Gasteiger partial charge on any atom is 0.343 e. The van der Waals surface area contributed by atoms with Crippen LogP contribution in [0.4, 0.5) is 0 Å². The molecule has 0 bridgehead atoms. The van der Waals surface area contributed by atoms with Gasteiger partial charge in [0.2, 0.25) is 0 Å². The number of aromatic nitrogens is 1. The van der Waals surface area contributed by atoms with Crippen molar-refractivity contribution in [1.82, 2.24) is 5.16 Å². The van der Waals surface area contributed by atoms with E-state index in [-0.39, 0.29) is 23.7 Å². The lowest BCUT2D eigenvalue weighted by molar-refractivity contribution is 0.0526. The predicted octanol–water partition coefficient (Wildman–Crippen LogP) is 2.23. The van der Waals surface area contributed by atoms with E-state index in [0.717, 1.165) is 0 Å². The molecule has 0 aliphatic heterocycles. The highest BCUT2D eigenvalue weighted by molar-refractivity contribution is 5.95. The van der Waals surface area contributed by atoms with Crippen LogP contribution in [0.2, 0.25) is 0 Å². The maximum absolute atomic E-state index is 11.7. The molecule has 6 nitrogen and oxygen atoms in total. The number of hydrogen-bond acceptors (Lipinski definition) is 6. The molecule has 1 N–H and O–H groups in total. The number of carbonyl (C=O) groups excluding carboxylic acids is 1. The molecule has 1 heterocycles. The third-order valence-corrected chi connectivity index (χ3v) is 2.52. The topological polar surface area (TPSA) is 81.8 Å². The Morgan fingerprint density at radius 1 is 1.47 bits per heavy atom. The van der Waals surface area contributed by atoms with Gasteiger partial charge in [-0.3, -0.25) is 0 Å². The molecule has 0 aliphatic rings. The number of methoxy groups -OCH3 is 1. The van der Waals surface area contributed by atoms with Crippen LogP contribution in [0.3, 0.4) is 0 Å². The zero-order valence-corrected chi connectivity index (χ0v) is 10.5. The largest absolute Gasteiger partial charge is 0.504 e. The van der Waals surface area contributed by atoms with Gasteiger partial charge in [0.15, 0.2) is 11.5 Å². The quantitative estimate of drug-likeness (QED) is 0.852. The van der Waals surface area contributed by atoms with Crippen LogP contribution in [0.25, 0.3) is 11.3 Å².